The molecule has 0 radical (unpaired) electrons. The predicted octanol–water partition coefficient (Wildman–Crippen LogP) is 4.18. The van der Waals surface area contributed by atoms with Crippen molar-refractivity contribution in [3.63, 3.8) is 0 Å². The molecule has 0 spiro atoms. The number of rotatable bonds is 8. The van der Waals surface area contributed by atoms with Crippen molar-refractivity contribution < 1.29 is 19.2 Å². The minimum atomic E-state index is -1.03. The Morgan fingerprint density at radius 3 is 2.58 bits per heavy atom. The maximum absolute atomic E-state index is 13.2. The maximum atomic E-state index is 13.2. The molecule has 0 unspecified atom stereocenters. The summed E-state index contributed by atoms with van der Waals surface area (Å²) in [5.41, 5.74) is 0.813. The second kappa shape index (κ2) is 10.6. The molecule has 0 fully saturated rings. The fourth-order valence-corrected chi connectivity index (χ4v) is 3.48. The zero-order chi connectivity index (χ0) is 25.7. The van der Waals surface area contributed by atoms with Gasteiger partial charge in [-0.25, -0.2) is 9.78 Å². The first-order valence-electron chi connectivity index (χ1n) is 11.1. The van der Waals surface area contributed by atoms with Crippen LogP contribution in [0.4, 0.5) is 5.69 Å². The van der Waals surface area contributed by atoms with Gasteiger partial charge in [-0.3, -0.25) is 14.9 Å². The molecule has 1 heterocycles. The van der Waals surface area contributed by atoms with Crippen LogP contribution in [0.1, 0.15) is 19.4 Å². The van der Waals surface area contributed by atoms with E-state index >= 15 is 0 Å². The molecule has 3 aromatic carbocycles. The third-order valence-electron chi connectivity index (χ3n) is 5.21. The van der Waals surface area contributed by atoms with Gasteiger partial charge in [-0.15, -0.1) is 0 Å². The minimum Gasteiger partial charge on any atom is -0.472 e. The van der Waals surface area contributed by atoms with Gasteiger partial charge in [0.25, 0.3) is 5.56 Å². The molecule has 182 valence electrons. The number of nitro benzene ring substituents is 1. The normalized spacial score (nSPS) is 11.9. The van der Waals surface area contributed by atoms with Gasteiger partial charge in [-0.2, -0.15) is 9.78 Å². The van der Waals surface area contributed by atoms with Crippen LogP contribution in [0.15, 0.2) is 82.7 Å². The summed E-state index contributed by atoms with van der Waals surface area (Å²) in [7, 11) is 0. The third-order valence-corrected chi connectivity index (χ3v) is 5.21. The summed E-state index contributed by atoms with van der Waals surface area (Å²) in [6.45, 7) is 3.26. The highest BCUT2D eigenvalue weighted by atomic mass is 16.6. The number of para-hydroxylation sites is 1. The lowest BCUT2D eigenvalue weighted by Gasteiger charge is -2.13. The maximum Gasteiger partial charge on any atom is 0.347 e. The molecule has 0 saturated heterocycles. The summed E-state index contributed by atoms with van der Waals surface area (Å²) in [4.78, 5) is 40.8. The second-order valence-corrected chi connectivity index (χ2v) is 7.68. The van der Waals surface area contributed by atoms with E-state index in [1.54, 1.807) is 31.2 Å². The molecule has 10 heteroatoms. The van der Waals surface area contributed by atoms with Gasteiger partial charge in [-0.05, 0) is 38.1 Å². The molecule has 0 aliphatic rings. The summed E-state index contributed by atoms with van der Waals surface area (Å²) in [6.07, 6.45) is 0.300. The van der Waals surface area contributed by atoms with Crippen molar-refractivity contribution in [1.82, 2.24) is 9.66 Å². The number of ether oxygens (including phenoxy) is 2. The van der Waals surface area contributed by atoms with E-state index in [1.165, 1.54) is 31.3 Å². The number of carbonyl (C=O) groups is 1. The summed E-state index contributed by atoms with van der Waals surface area (Å²) in [6, 6.07) is 20.2. The van der Waals surface area contributed by atoms with Gasteiger partial charge >= 0.3 is 11.7 Å². The van der Waals surface area contributed by atoms with Crippen LogP contribution in [0.25, 0.3) is 22.3 Å². The van der Waals surface area contributed by atoms with Crippen molar-refractivity contribution >= 4 is 28.8 Å². The molecule has 4 rings (SSSR count). The van der Waals surface area contributed by atoms with Crippen LogP contribution >= 0.6 is 0 Å². The van der Waals surface area contributed by atoms with Crippen molar-refractivity contribution in [2.75, 3.05) is 6.61 Å². The molecule has 36 heavy (non-hydrogen) atoms. The molecular weight excluding hydrogens is 464 g/mol. The number of hydrogen-bond donors (Lipinski definition) is 0. The molecule has 1 atom stereocenters. The Balaban J connectivity index is 1.74. The van der Waals surface area contributed by atoms with Crippen molar-refractivity contribution in [3.05, 3.63) is 98.8 Å². The van der Waals surface area contributed by atoms with Crippen molar-refractivity contribution in [2.45, 2.75) is 20.0 Å². The molecule has 0 N–H and O–H groups in total. The fraction of sp³-hybridized carbons (Fsp3) is 0.154. The topological polar surface area (TPSA) is 126 Å². The first-order valence-corrected chi connectivity index (χ1v) is 11.1. The van der Waals surface area contributed by atoms with E-state index in [4.69, 9.17) is 9.47 Å². The smallest absolute Gasteiger partial charge is 0.347 e. The third kappa shape index (κ3) is 5.12. The van der Waals surface area contributed by atoms with Crippen molar-refractivity contribution in [3.8, 4) is 17.1 Å². The lowest BCUT2D eigenvalue weighted by atomic mass is 10.2. The van der Waals surface area contributed by atoms with Crippen LogP contribution in [0.5, 0.6) is 5.75 Å². The Bertz CT molecular complexity index is 1510. The monoisotopic (exact) mass is 486 g/mol. The molecule has 0 aliphatic heterocycles. The molecule has 4 aromatic rings. The molecule has 0 saturated carbocycles. The number of aromatic nitrogens is 2. The summed E-state index contributed by atoms with van der Waals surface area (Å²) >= 11 is 0. The minimum absolute atomic E-state index is 0.0905. The van der Waals surface area contributed by atoms with Crippen LogP contribution in [-0.4, -0.2) is 39.5 Å². The summed E-state index contributed by atoms with van der Waals surface area (Å²) < 4.78 is 11.5. The Hall–Kier alpha value is -4.86. The average molecular weight is 486 g/mol. The highest BCUT2D eigenvalue weighted by Gasteiger charge is 2.22. The van der Waals surface area contributed by atoms with Crippen LogP contribution in [-0.2, 0) is 9.53 Å². The molecule has 1 aromatic heterocycles. The molecular formula is C26H22N4O6. The zero-order valence-corrected chi connectivity index (χ0v) is 19.5. The summed E-state index contributed by atoms with van der Waals surface area (Å²) in [5.74, 6) is -0.394. The second-order valence-electron chi connectivity index (χ2n) is 7.68. The van der Waals surface area contributed by atoms with Crippen LogP contribution in [0.3, 0.4) is 0 Å². The first-order chi connectivity index (χ1) is 17.4. The Morgan fingerprint density at radius 1 is 1.14 bits per heavy atom. The van der Waals surface area contributed by atoms with Gasteiger partial charge in [0.2, 0.25) is 0 Å². The number of fused-ring (bicyclic) bond motifs is 1. The van der Waals surface area contributed by atoms with Crippen molar-refractivity contribution in [1.29, 1.82) is 0 Å². The number of hydrogen-bond acceptors (Lipinski definition) is 8. The Labute approximate surface area is 205 Å². The number of carbonyl (C=O) groups excluding carboxylic acids is 1. The first kappa shape index (κ1) is 24.3. The van der Waals surface area contributed by atoms with E-state index in [0.717, 1.165) is 4.68 Å². The predicted molar refractivity (Wildman–Crippen MR) is 134 cm³/mol. The van der Waals surface area contributed by atoms with E-state index in [0.29, 0.717) is 27.9 Å². The Morgan fingerprint density at radius 2 is 1.86 bits per heavy atom. The van der Waals surface area contributed by atoms with E-state index < -0.39 is 17.0 Å². The Kier molecular flexibility index (Phi) is 7.15. The molecule has 0 amide bonds. The summed E-state index contributed by atoms with van der Waals surface area (Å²) in [5, 5.41) is 16.4. The zero-order valence-electron chi connectivity index (χ0n) is 19.5. The van der Waals surface area contributed by atoms with E-state index in [-0.39, 0.29) is 23.6 Å². The van der Waals surface area contributed by atoms with E-state index in [2.05, 4.69) is 10.1 Å². The SMILES string of the molecule is CCOC(=O)[C@@H](C)Oc1ccc(C=Nn2c(-c3ccccc3)nc3ccccc3c2=O)cc1[N+](=O)[O-]. The number of nitro groups is 1. The van der Waals surface area contributed by atoms with Gasteiger partial charge in [0.15, 0.2) is 17.7 Å². The van der Waals surface area contributed by atoms with Crippen LogP contribution < -0.4 is 10.3 Å². The van der Waals surface area contributed by atoms with Crippen LogP contribution in [0, 0.1) is 10.1 Å². The molecule has 0 aliphatic carbocycles. The average Bonchev–Trinajstić information content (AvgIpc) is 2.89. The number of benzene rings is 3. The largest absolute Gasteiger partial charge is 0.472 e. The van der Waals surface area contributed by atoms with Crippen molar-refractivity contribution in [2.24, 2.45) is 5.10 Å². The molecule has 10 nitrogen and oxygen atoms in total. The van der Waals surface area contributed by atoms with E-state index in [1.807, 2.05) is 30.3 Å². The standard InChI is InChI=1S/C26H22N4O6/c1-3-35-26(32)17(2)36-23-14-13-18(15-22(23)30(33)34)16-27-29-24(19-9-5-4-6-10-19)28-21-12-8-7-11-20(21)25(29)31/h4-17H,3H2,1-2H3/t17-/m1/s1. The highest BCUT2D eigenvalue weighted by Crippen LogP contribution is 2.29. The highest BCUT2D eigenvalue weighted by molar-refractivity contribution is 5.83. The van der Waals surface area contributed by atoms with Gasteiger partial charge in [0.05, 0.1) is 28.6 Å². The lowest BCUT2D eigenvalue weighted by Crippen LogP contribution is -2.26. The van der Waals surface area contributed by atoms with Gasteiger partial charge in [-0.1, -0.05) is 42.5 Å². The van der Waals surface area contributed by atoms with Gasteiger partial charge in [0, 0.05) is 17.2 Å². The van der Waals surface area contributed by atoms with E-state index in [9.17, 15) is 19.7 Å². The number of nitrogens with zero attached hydrogens (tertiary/aromatic N) is 4. The fourth-order valence-electron chi connectivity index (χ4n) is 3.48. The molecule has 0 bridgehead atoms. The van der Waals surface area contributed by atoms with Crippen LogP contribution in [0.2, 0.25) is 0 Å². The van der Waals surface area contributed by atoms with Gasteiger partial charge < -0.3 is 9.47 Å². The van der Waals surface area contributed by atoms with Gasteiger partial charge in [0.1, 0.15) is 0 Å². The lowest BCUT2D eigenvalue weighted by molar-refractivity contribution is -0.386. The number of esters is 1. The quantitative estimate of drug-likeness (QED) is 0.158.